The van der Waals surface area contributed by atoms with Crippen LogP contribution in [-0.2, 0) is 4.79 Å². The van der Waals surface area contributed by atoms with Gasteiger partial charge in [-0.05, 0) is 0 Å². The van der Waals surface area contributed by atoms with E-state index in [1.54, 1.807) is 17.5 Å². The van der Waals surface area contributed by atoms with Gasteiger partial charge in [0.2, 0.25) is 5.91 Å². The van der Waals surface area contributed by atoms with Crippen molar-refractivity contribution in [1.82, 2.24) is 15.2 Å². The lowest BCUT2D eigenvalue weighted by molar-refractivity contribution is -0.128. The quantitative estimate of drug-likeness (QED) is 0.793. The Kier molecular flexibility index (Phi) is 3.99. The van der Waals surface area contributed by atoms with E-state index in [2.05, 4.69) is 10.3 Å². The maximum Gasteiger partial charge on any atom is 0.233 e. The maximum absolute atomic E-state index is 11.7. The summed E-state index contributed by atoms with van der Waals surface area (Å²) in [6.07, 6.45) is 1.77. The minimum atomic E-state index is 0.219. The van der Waals surface area contributed by atoms with E-state index in [4.69, 9.17) is 0 Å². The van der Waals surface area contributed by atoms with E-state index in [0.717, 1.165) is 30.5 Å². The normalized spacial score (nSPS) is 16.7. The van der Waals surface area contributed by atoms with Crippen molar-refractivity contribution in [1.29, 1.82) is 0 Å². The second-order valence-corrected chi connectivity index (χ2v) is 5.33. The minimum Gasteiger partial charge on any atom is -0.339 e. The number of hydrogen-bond acceptors (Lipinski definition) is 5. The predicted molar refractivity (Wildman–Crippen MR) is 62.3 cm³/mol. The van der Waals surface area contributed by atoms with Crippen molar-refractivity contribution < 1.29 is 4.79 Å². The van der Waals surface area contributed by atoms with Gasteiger partial charge in [0.15, 0.2) is 0 Å². The summed E-state index contributed by atoms with van der Waals surface area (Å²) < 4.78 is 0.971. The van der Waals surface area contributed by atoms with Crippen LogP contribution in [0.3, 0.4) is 0 Å². The Morgan fingerprint density at radius 3 is 3.07 bits per heavy atom. The number of amides is 1. The van der Waals surface area contributed by atoms with E-state index < -0.39 is 0 Å². The molecule has 0 atom stereocenters. The Labute approximate surface area is 97.1 Å². The molecule has 1 saturated heterocycles. The number of nitrogens with zero attached hydrogens (tertiary/aromatic N) is 2. The summed E-state index contributed by atoms with van der Waals surface area (Å²) in [5.41, 5.74) is 0. The number of carbonyl (C=O) groups excluding carboxylic acids is 1. The summed E-state index contributed by atoms with van der Waals surface area (Å²) in [5, 5.41) is 5.16. The number of thioether (sulfide) groups is 1. The molecule has 0 aromatic carbocycles. The highest BCUT2D eigenvalue weighted by molar-refractivity contribution is 8.01. The molecule has 0 aliphatic carbocycles. The van der Waals surface area contributed by atoms with Gasteiger partial charge in [-0.1, -0.05) is 11.8 Å². The Balaban J connectivity index is 1.76. The van der Waals surface area contributed by atoms with Gasteiger partial charge in [-0.3, -0.25) is 4.79 Å². The first-order chi connectivity index (χ1) is 7.36. The van der Waals surface area contributed by atoms with Crippen molar-refractivity contribution in [3.05, 3.63) is 11.6 Å². The van der Waals surface area contributed by atoms with Crippen molar-refractivity contribution in [2.24, 2.45) is 0 Å². The van der Waals surface area contributed by atoms with Gasteiger partial charge in [-0.25, -0.2) is 4.98 Å². The zero-order chi connectivity index (χ0) is 10.5. The Bertz CT molecular complexity index is 309. The second-order valence-electron chi connectivity index (χ2n) is 3.22. The lowest BCUT2D eigenvalue weighted by Crippen LogP contribution is -2.47. The minimum absolute atomic E-state index is 0.219. The number of nitrogens with one attached hydrogen (secondary N) is 1. The van der Waals surface area contributed by atoms with Crippen LogP contribution in [0.15, 0.2) is 15.9 Å². The predicted octanol–water partition coefficient (Wildman–Crippen LogP) is 0.667. The molecule has 0 saturated carbocycles. The van der Waals surface area contributed by atoms with Crippen LogP contribution >= 0.6 is 23.1 Å². The van der Waals surface area contributed by atoms with Gasteiger partial charge in [0.05, 0.1) is 5.75 Å². The van der Waals surface area contributed by atoms with E-state index in [1.165, 1.54) is 11.8 Å². The highest BCUT2D eigenvalue weighted by Crippen LogP contribution is 2.20. The number of hydrogen-bond donors (Lipinski definition) is 1. The fraction of sp³-hybridized carbons (Fsp3) is 0.556. The molecule has 6 heteroatoms. The van der Waals surface area contributed by atoms with Crippen LogP contribution in [0.5, 0.6) is 0 Å². The fourth-order valence-electron chi connectivity index (χ4n) is 1.41. The number of carbonyl (C=O) groups is 1. The zero-order valence-electron chi connectivity index (χ0n) is 8.31. The molecule has 0 radical (unpaired) electrons. The van der Waals surface area contributed by atoms with Crippen molar-refractivity contribution >= 4 is 29.0 Å². The van der Waals surface area contributed by atoms with Gasteiger partial charge in [-0.2, -0.15) is 0 Å². The molecule has 0 unspecified atom stereocenters. The molecule has 4 nitrogen and oxygen atoms in total. The second kappa shape index (κ2) is 5.48. The Hall–Kier alpha value is -0.590. The molecule has 1 amide bonds. The third kappa shape index (κ3) is 3.19. The number of piperazine rings is 1. The van der Waals surface area contributed by atoms with Crippen molar-refractivity contribution in [3.63, 3.8) is 0 Å². The Morgan fingerprint density at radius 2 is 2.40 bits per heavy atom. The first-order valence-corrected chi connectivity index (χ1v) is 6.73. The molecule has 1 aromatic rings. The molecule has 1 N–H and O–H groups in total. The van der Waals surface area contributed by atoms with Crippen LogP contribution in [0.2, 0.25) is 0 Å². The molecular weight excluding hydrogens is 230 g/mol. The van der Waals surface area contributed by atoms with Gasteiger partial charge in [-0.15, -0.1) is 11.3 Å². The summed E-state index contributed by atoms with van der Waals surface area (Å²) in [5.74, 6) is 0.727. The van der Waals surface area contributed by atoms with Gasteiger partial charge >= 0.3 is 0 Å². The van der Waals surface area contributed by atoms with Crippen molar-refractivity contribution in [3.8, 4) is 0 Å². The average molecular weight is 243 g/mol. The number of rotatable bonds is 3. The number of thiazole rings is 1. The summed E-state index contributed by atoms with van der Waals surface area (Å²) in [6.45, 7) is 3.48. The van der Waals surface area contributed by atoms with E-state index >= 15 is 0 Å². The van der Waals surface area contributed by atoms with Gasteiger partial charge < -0.3 is 10.2 Å². The molecule has 1 aliphatic heterocycles. The van der Waals surface area contributed by atoms with Gasteiger partial charge in [0.1, 0.15) is 4.34 Å². The molecule has 2 heterocycles. The molecule has 82 valence electrons. The molecule has 1 aliphatic rings. The Morgan fingerprint density at radius 1 is 1.60 bits per heavy atom. The van der Waals surface area contributed by atoms with Crippen LogP contribution in [0, 0.1) is 0 Å². The van der Waals surface area contributed by atoms with E-state index in [9.17, 15) is 4.79 Å². The SMILES string of the molecule is O=C(CSc1nccs1)N1CCNCC1. The van der Waals surface area contributed by atoms with Gasteiger partial charge in [0.25, 0.3) is 0 Å². The van der Waals surface area contributed by atoms with E-state index in [0.29, 0.717) is 5.75 Å². The molecular formula is C9H13N3OS2. The third-order valence-electron chi connectivity index (χ3n) is 2.20. The molecule has 1 aromatic heterocycles. The largest absolute Gasteiger partial charge is 0.339 e. The molecule has 1 fully saturated rings. The van der Waals surface area contributed by atoms with Crippen LogP contribution in [0.25, 0.3) is 0 Å². The van der Waals surface area contributed by atoms with Crippen LogP contribution in [0.1, 0.15) is 0 Å². The molecule has 15 heavy (non-hydrogen) atoms. The zero-order valence-corrected chi connectivity index (χ0v) is 9.94. The summed E-state index contributed by atoms with van der Waals surface area (Å²) in [7, 11) is 0. The molecule has 2 rings (SSSR count). The van der Waals surface area contributed by atoms with Crippen molar-refractivity contribution in [2.45, 2.75) is 4.34 Å². The summed E-state index contributed by atoms with van der Waals surface area (Å²) >= 11 is 3.10. The average Bonchev–Trinajstić information content (AvgIpc) is 2.80. The summed E-state index contributed by atoms with van der Waals surface area (Å²) in [6, 6.07) is 0. The van der Waals surface area contributed by atoms with Crippen LogP contribution in [0.4, 0.5) is 0 Å². The van der Waals surface area contributed by atoms with Gasteiger partial charge in [0, 0.05) is 37.8 Å². The van der Waals surface area contributed by atoms with Crippen LogP contribution in [-0.4, -0.2) is 47.7 Å². The monoisotopic (exact) mass is 243 g/mol. The van der Waals surface area contributed by atoms with E-state index in [1.807, 2.05) is 10.3 Å². The first-order valence-electron chi connectivity index (χ1n) is 4.87. The lowest BCUT2D eigenvalue weighted by atomic mass is 10.3. The van der Waals surface area contributed by atoms with E-state index in [-0.39, 0.29) is 5.91 Å². The fourth-order valence-corrected chi connectivity index (χ4v) is 2.95. The highest BCUT2D eigenvalue weighted by atomic mass is 32.2. The topological polar surface area (TPSA) is 45.2 Å². The third-order valence-corrected chi connectivity index (χ3v) is 4.15. The van der Waals surface area contributed by atoms with Crippen LogP contribution < -0.4 is 5.32 Å². The number of aromatic nitrogens is 1. The first kappa shape index (κ1) is 10.9. The highest BCUT2D eigenvalue weighted by Gasteiger charge is 2.16. The molecule has 0 bridgehead atoms. The molecule has 0 spiro atoms. The maximum atomic E-state index is 11.7. The standard InChI is InChI=1S/C9H13N3OS2/c13-8(12-4-1-10-2-5-12)7-15-9-11-3-6-14-9/h3,6,10H,1-2,4-5,7H2. The smallest absolute Gasteiger partial charge is 0.233 e. The van der Waals surface area contributed by atoms with Crippen molar-refractivity contribution in [2.75, 3.05) is 31.9 Å². The summed E-state index contributed by atoms with van der Waals surface area (Å²) in [4.78, 5) is 17.8. The lowest BCUT2D eigenvalue weighted by Gasteiger charge is -2.27.